The Morgan fingerprint density at radius 2 is 0.490 bits per heavy atom. The van der Waals surface area contributed by atoms with E-state index in [1.54, 1.807) is 12.2 Å². The molecule has 5 aromatic carbocycles. The number of hydrogen-bond donors (Lipinski definition) is 0. The van der Waals surface area contributed by atoms with E-state index < -0.39 is 0 Å². The Hall–Kier alpha value is -1.25. The standard InChI is InChI=1S/5C6H5.2C6H4.3Bi.6ClH/c7*1-2-4-6-5-3-1;;;;;;;;;/h5*1-5H;2*1-3,6H;;;;6*1H/q;;;;;;;3*+2;;;;;;/p-6. The van der Waals surface area contributed by atoms with E-state index in [0.29, 0.717) is 0 Å². The Balaban J connectivity index is -0.0000000560. The second kappa shape index (κ2) is 66.9. The SMILES string of the molecule is [Bi+2].[Bi+2].[Bi+2].[C+]1=CC=C[C-]=C1.[C+]1=CC=C[C-]=C1.[Cl-].[Cl-].[Cl-].[Cl-].[Cl-].[Cl-].[c]1ccccc1.[c]1ccccc1.[c]1ccccc1.[c]1ccccc1.[c]1ccccc1. The van der Waals surface area contributed by atoms with Crippen LogP contribution in [0.15, 0.2) is 200 Å². The van der Waals surface area contributed by atoms with Crippen molar-refractivity contribution in [2.45, 2.75) is 0 Å². The first-order valence-electron chi connectivity index (χ1n) is 13.2. The zero-order chi connectivity index (χ0) is 29.7. The van der Waals surface area contributed by atoms with E-state index >= 15 is 0 Å². The van der Waals surface area contributed by atoms with Gasteiger partial charge in [-0.3, -0.25) is 0 Å². The van der Waals surface area contributed by atoms with Crippen molar-refractivity contribution >= 4 is 78.6 Å². The summed E-state index contributed by atoms with van der Waals surface area (Å²) in [6, 6.07) is 62.5. The molecule has 7 rings (SSSR count). The maximum atomic E-state index is 2.89. The maximum Gasteiger partial charge on any atom is 2.00 e. The smallest absolute Gasteiger partial charge is 1.00 e. The summed E-state index contributed by atoms with van der Waals surface area (Å²) in [4.78, 5) is 0. The van der Waals surface area contributed by atoms with Crippen molar-refractivity contribution in [3.05, 3.63) is 255 Å². The van der Waals surface area contributed by atoms with Crippen molar-refractivity contribution in [1.82, 2.24) is 0 Å². The van der Waals surface area contributed by atoms with Crippen molar-refractivity contribution in [2.75, 3.05) is 0 Å². The van der Waals surface area contributed by atoms with Gasteiger partial charge in [-0.1, -0.05) is 176 Å². The first kappa shape index (κ1) is 71.2. The number of hydrogen-bond acceptors (Lipinski definition) is 0. The average molecular weight is 1380 g/mol. The monoisotopic (exact) mass is 1370 g/mol. The summed E-state index contributed by atoms with van der Waals surface area (Å²) in [6.45, 7) is 0. The van der Waals surface area contributed by atoms with Gasteiger partial charge >= 0.3 is 78.6 Å². The fourth-order valence-electron chi connectivity index (χ4n) is 2.32. The van der Waals surface area contributed by atoms with E-state index in [-0.39, 0.29) is 153 Å². The van der Waals surface area contributed by atoms with E-state index in [2.05, 4.69) is 54.6 Å². The van der Waals surface area contributed by atoms with Crippen LogP contribution in [0.5, 0.6) is 0 Å². The van der Waals surface area contributed by atoms with Gasteiger partial charge in [-0.25, -0.2) is 0 Å². The summed E-state index contributed by atoms with van der Waals surface area (Å²) in [6.07, 6.45) is 26.0. The largest absolute Gasteiger partial charge is 2.00 e. The first-order valence-corrected chi connectivity index (χ1v) is 13.2. The topological polar surface area (TPSA) is 0 Å². The molecule has 0 saturated carbocycles. The zero-order valence-electron chi connectivity index (χ0n) is 27.2. The van der Waals surface area contributed by atoms with Gasteiger partial charge in [0, 0.05) is 0 Å². The van der Waals surface area contributed by atoms with Crippen LogP contribution in [0.4, 0.5) is 0 Å². The van der Waals surface area contributed by atoms with Gasteiger partial charge in [0.15, 0.2) is 0 Å². The second-order valence-electron chi connectivity index (χ2n) is 7.39. The first-order chi connectivity index (χ1) is 21.0. The molecule has 5 aromatic rings. The Kier molecular flexibility index (Phi) is 93.4. The summed E-state index contributed by atoms with van der Waals surface area (Å²) in [5, 5.41) is 0. The number of rotatable bonds is 0. The summed E-state index contributed by atoms with van der Waals surface area (Å²) in [7, 11) is 0. The second-order valence-corrected chi connectivity index (χ2v) is 7.39. The summed E-state index contributed by atoms with van der Waals surface area (Å²) in [5.74, 6) is 0. The van der Waals surface area contributed by atoms with Gasteiger partial charge in [-0.2, -0.15) is 0 Å². The molecule has 0 aromatic heterocycles. The van der Waals surface area contributed by atoms with Crippen LogP contribution in [-0.4, -0.2) is 78.6 Å². The fourth-order valence-corrected chi connectivity index (χ4v) is 2.32. The van der Waals surface area contributed by atoms with Gasteiger partial charge in [0.1, 0.15) is 0 Å². The fraction of sp³-hybridized carbons (Fsp3) is 0. The maximum absolute atomic E-state index is 2.89. The van der Waals surface area contributed by atoms with Gasteiger partial charge in [0.05, 0.1) is 0 Å². The molecule has 51 heavy (non-hydrogen) atoms. The molecular weight excluding hydrogens is 1340 g/mol. The molecule has 0 heterocycles. The molecule has 0 N–H and O–H groups in total. The van der Waals surface area contributed by atoms with Crippen LogP contribution in [0, 0.1) is 54.6 Å². The quantitative estimate of drug-likeness (QED) is 0.107. The molecule has 2 aliphatic rings. The minimum Gasteiger partial charge on any atom is -1.00 e. The van der Waals surface area contributed by atoms with Crippen LogP contribution < -0.4 is 74.4 Å². The van der Waals surface area contributed by atoms with E-state index in [4.69, 9.17) is 0 Å². The summed E-state index contributed by atoms with van der Waals surface area (Å²) >= 11 is 0. The van der Waals surface area contributed by atoms with Gasteiger partial charge in [0.25, 0.3) is 0 Å². The van der Waals surface area contributed by atoms with Crippen molar-refractivity contribution in [3.8, 4) is 0 Å². The number of allylic oxidation sites excluding steroid dienone is 12. The Labute approximate surface area is 403 Å². The van der Waals surface area contributed by atoms with Crippen molar-refractivity contribution in [2.24, 2.45) is 0 Å². The van der Waals surface area contributed by atoms with Gasteiger partial charge in [-0.15, -0.1) is 12.2 Å². The zero-order valence-corrected chi connectivity index (χ0v) is 42.1. The molecule has 0 fully saturated rings. The normalized spacial score (nSPS) is 8.16. The van der Waals surface area contributed by atoms with Crippen LogP contribution in [0.2, 0.25) is 0 Å². The third-order valence-electron chi connectivity index (χ3n) is 4.14. The van der Waals surface area contributed by atoms with Gasteiger partial charge in [0.2, 0.25) is 0 Å². The van der Waals surface area contributed by atoms with Crippen LogP contribution in [-0.2, 0) is 0 Å². The van der Waals surface area contributed by atoms with Crippen LogP contribution in [0.1, 0.15) is 0 Å². The molecular formula is C42H33Bi3Cl6. The third-order valence-corrected chi connectivity index (χ3v) is 4.14. The predicted molar refractivity (Wildman–Crippen MR) is 193 cm³/mol. The number of benzene rings is 5. The van der Waals surface area contributed by atoms with E-state index in [9.17, 15) is 0 Å². The van der Waals surface area contributed by atoms with E-state index in [0.717, 1.165) is 0 Å². The molecule has 0 spiro atoms. The molecule has 0 bridgehead atoms. The summed E-state index contributed by atoms with van der Waals surface area (Å²) < 4.78 is 0. The van der Waals surface area contributed by atoms with Crippen molar-refractivity contribution < 1.29 is 74.4 Å². The molecule has 9 heteroatoms. The van der Waals surface area contributed by atoms with Crippen molar-refractivity contribution in [1.29, 1.82) is 0 Å². The minimum absolute atomic E-state index is 0. The summed E-state index contributed by atoms with van der Waals surface area (Å²) in [5.41, 5.74) is 0. The molecule has 0 aliphatic heterocycles. The molecule has 0 nitrogen and oxygen atoms in total. The van der Waals surface area contributed by atoms with Crippen molar-refractivity contribution in [3.63, 3.8) is 0 Å². The Morgan fingerprint density at radius 1 is 0.294 bits per heavy atom. The minimum atomic E-state index is 0. The van der Waals surface area contributed by atoms with Crippen LogP contribution in [0.25, 0.3) is 0 Å². The van der Waals surface area contributed by atoms with Gasteiger partial charge < -0.3 is 74.4 Å². The Morgan fingerprint density at radius 3 is 0.529 bits per heavy atom. The molecule has 0 unspecified atom stereocenters. The average Bonchev–Trinajstić information content (AvgIpc) is 3.15. The van der Waals surface area contributed by atoms with Crippen LogP contribution in [0.3, 0.4) is 0 Å². The molecule has 0 amide bonds. The number of halogens is 6. The van der Waals surface area contributed by atoms with Crippen LogP contribution >= 0.6 is 0 Å². The van der Waals surface area contributed by atoms with E-state index in [1.165, 1.54) is 0 Å². The molecule has 0 atom stereocenters. The molecule has 2 aliphatic carbocycles. The third kappa shape index (κ3) is 64.2. The van der Waals surface area contributed by atoms with Gasteiger partial charge in [-0.05, 0) is 66.8 Å². The van der Waals surface area contributed by atoms with E-state index in [1.807, 2.05) is 188 Å². The predicted octanol–water partition coefficient (Wildman–Crippen LogP) is -9.13. The molecule has 258 valence electrons. The molecule has 14 radical (unpaired) electrons. The molecule has 0 saturated heterocycles. The Bertz CT molecular complexity index is 939.